The Morgan fingerprint density at radius 3 is 2.05 bits per heavy atom. The molecule has 0 spiro atoms. The van der Waals surface area contributed by atoms with Crippen LogP contribution in [-0.2, 0) is 0 Å². The number of aromatic nitrogens is 4. The van der Waals surface area contributed by atoms with Gasteiger partial charge in [-0.2, -0.15) is 4.98 Å². The van der Waals surface area contributed by atoms with Crippen LogP contribution >= 0.6 is 11.3 Å². The van der Waals surface area contributed by atoms with E-state index in [1.54, 1.807) is 11.3 Å². The molecule has 2 atom stereocenters. The Labute approximate surface area is 136 Å². The standard InChI is InChI=1S/C16H26N4OS/c1-9(2)13-17-14(21-20-13)11(5)7-8-12(6)16-19-18-15(22-16)10(3)4/h9-12H,7-8H2,1-6H3. The fourth-order valence-electron chi connectivity index (χ4n) is 2.11. The summed E-state index contributed by atoms with van der Waals surface area (Å²) in [6, 6.07) is 0. The predicted octanol–water partition coefficient (Wildman–Crippen LogP) is 4.86. The molecule has 2 aromatic rings. The van der Waals surface area contributed by atoms with Crippen LogP contribution in [0, 0.1) is 0 Å². The van der Waals surface area contributed by atoms with Crippen molar-refractivity contribution in [3.8, 4) is 0 Å². The molecule has 5 nitrogen and oxygen atoms in total. The summed E-state index contributed by atoms with van der Waals surface area (Å²) in [5.74, 6) is 2.99. The second-order valence-corrected chi connectivity index (χ2v) is 7.70. The normalized spacial score (nSPS) is 14.7. The molecule has 0 aromatic carbocycles. The second kappa shape index (κ2) is 7.31. The Bertz CT molecular complexity index is 538. The molecule has 0 aliphatic rings. The first kappa shape index (κ1) is 17.1. The third-order valence-electron chi connectivity index (χ3n) is 3.80. The van der Waals surface area contributed by atoms with E-state index >= 15 is 0 Å². The van der Waals surface area contributed by atoms with Gasteiger partial charge < -0.3 is 4.52 Å². The van der Waals surface area contributed by atoms with E-state index in [4.69, 9.17) is 4.52 Å². The lowest BCUT2D eigenvalue weighted by Gasteiger charge is -2.10. The van der Waals surface area contributed by atoms with Crippen LogP contribution in [0.2, 0.25) is 0 Å². The molecule has 0 N–H and O–H groups in total. The summed E-state index contributed by atoms with van der Waals surface area (Å²) in [4.78, 5) is 4.48. The van der Waals surface area contributed by atoms with E-state index in [1.165, 1.54) is 0 Å². The van der Waals surface area contributed by atoms with Crippen LogP contribution in [-0.4, -0.2) is 20.3 Å². The van der Waals surface area contributed by atoms with Crippen LogP contribution in [0.4, 0.5) is 0 Å². The third kappa shape index (κ3) is 4.12. The molecule has 2 aromatic heterocycles. The maximum absolute atomic E-state index is 5.37. The van der Waals surface area contributed by atoms with Crippen molar-refractivity contribution in [3.05, 3.63) is 21.7 Å². The van der Waals surface area contributed by atoms with E-state index in [0.29, 0.717) is 17.8 Å². The molecule has 2 heterocycles. The van der Waals surface area contributed by atoms with Gasteiger partial charge in [-0.3, -0.25) is 0 Å². The molecule has 6 heteroatoms. The topological polar surface area (TPSA) is 64.7 Å². The van der Waals surface area contributed by atoms with Gasteiger partial charge in [-0.05, 0) is 12.8 Å². The van der Waals surface area contributed by atoms with Crippen molar-refractivity contribution >= 4 is 11.3 Å². The highest BCUT2D eigenvalue weighted by Crippen LogP contribution is 2.30. The number of rotatable bonds is 7. The molecule has 0 fully saturated rings. The van der Waals surface area contributed by atoms with Gasteiger partial charge in [-0.15, -0.1) is 21.5 Å². The summed E-state index contributed by atoms with van der Waals surface area (Å²) >= 11 is 1.73. The summed E-state index contributed by atoms with van der Waals surface area (Å²) in [5, 5.41) is 14.9. The highest BCUT2D eigenvalue weighted by molar-refractivity contribution is 7.11. The van der Waals surface area contributed by atoms with E-state index < -0.39 is 0 Å². The third-order valence-corrected chi connectivity index (χ3v) is 5.26. The molecule has 0 bridgehead atoms. The summed E-state index contributed by atoms with van der Waals surface area (Å²) < 4.78 is 5.37. The maximum Gasteiger partial charge on any atom is 0.229 e. The minimum Gasteiger partial charge on any atom is -0.339 e. The van der Waals surface area contributed by atoms with Gasteiger partial charge in [0.25, 0.3) is 0 Å². The monoisotopic (exact) mass is 322 g/mol. The Morgan fingerprint density at radius 1 is 0.864 bits per heavy atom. The van der Waals surface area contributed by atoms with Crippen molar-refractivity contribution < 1.29 is 4.52 Å². The lowest BCUT2D eigenvalue weighted by molar-refractivity contribution is 0.344. The molecule has 0 saturated heterocycles. The van der Waals surface area contributed by atoms with E-state index in [9.17, 15) is 0 Å². The Hall–Kier alpha value is -1.30. The van der Waals surface area contributed by atoms with Crippen LogP contribution in [0.25, 0.3) is 0 Å². The van der Waals surface area contributed by atoms with Crippen molar-refractivity contribution in [1.82, 2.24) is 20.3 Å². The van der Waals surface area contributed by atoms with Crippen LogP contribution in [0.5, 0.6) is 0 Å². The molecule has 122 valence electrons. The summed E-state index contributed by atoms with van der Waals surface area (Å²) in [6.07, 6.45) is 2.06. The lowest BCUT2D eigenvalue weighted by Crippen LogP contribution is -2.00. The summed E-state index contributed by atoms with van der Waals surface area (Å²) in [5.41, 5.74) is 0. The molecule has 0 amide bonds. The summed E-state index contributed by atoms with van der Waals surface area (Å²) in [7, 11) is 0. The van der Waals surface area contributed by atoms with Gasteiger partial charge in [0.1, 0.15) is 10.0 Å². The van der Waals surface area contributed by atoms with Crippen molar-refractivity contribution in [1.29, 1.82) is 0 Å². The molecule has 0 aliphatic carbocycles. The molecule has 22 heavy (non-hydrogen) atoms. The van der Waals surface area contributed by atoms with Crippen molar-refractivity contribution in [2.45, 2.75) is 78.1 Å². The minimum absolute atomic E-state index is 0.278. The van der Waals surface area contributed by atoms with Gasteiger partial charge in [0, 0.05) is 23.7 Å². The number of hydrogen-bond donors (Lipinski definition) is 0. The first-order valence-electron chi connectivity index (χ1n) is 8.05. The van der Waals surface area contributed by atoms with Crippen LogP contribution in [0.3, 0.4) is 0 Å². The average Bonchev–Trinajstić information content (AvgIpc) is 3.12. The number of hydrogen-bond acceptors (Lipinski definition) is 6. The molecule has 2 rings (SSSR count). The van der Waals surface area contributed by atoms with Gasteiger partial charge in [-0.25, -0.2) is 0 Å². The fourth-order valence-corrected chi connectivity index (χ4v) is 3.04. The quantitative estimate of drug-likeness (QED) is 0.728. The molecule has 2 unspecified atom stereocenters. The Kier molecular flexibility index (Phi) is 5.67. The Balaban J connectivity index is 1.90. The average molecular weight is 322 g/mol. The van der Waals surface area contributed by atoms with E-state index in [0.717, 1.165) is 34.6 Å². The van der Waals surface area contributed by atoms with Crippen LogP contribution in [0.15, 0.2) is 4.52 Å². The largest absolute Gasteiger partial charge is 0.339 e. The first-order chi connectivity index (χ1) is 10.4. The van der Waals surface area contributed by atoms with Crippen LogP contribution < -0.4 is 0 Å². The van der Waals surface area contributed by atoms with Crippen molar-refractivity contribution in [2.24, 2.45) is 0 Å². The number of nitrogens with zero attached hydrogens (tertiary/aromatic N) is 4. The summed E-state index contributed by atoms with van der Waals surface area (Å²) in [6.45, 7) is 12.8. The van der Waals surface area contributed by atoms with Crippen molar-refractivity contribution in [2.75, 3.05) is 0 Å². The van der Waals surface area contributed by atoms with Crippen molar-refractivity contribution in [3.63, 3.8) is 0 Å². The maximum atomic E-state index is 5.37. The molecule has 0 radical (unpaired) electrons. The van der Waals surface area contributed by atoms with Gasteiger partial charge in [0.15, 0.2) is 5.82 Å². The highest BCUT2D eigenvalue weighted by Gasteiger charge is 2.19. The zero-order chi connectivity index (χ0) is 16.3. The SMILES string of the molecule is CC(C)c1noc(C(C)CCC(C)c2nnc(C(C)C)s2)n1. The molecular weight excluding hydrogens is 296 g/mol. The van der Waals surface area contributed by atoms with E-state index in [2.05, 4.69) is 61.9 Å². The first-order valence-corrected chi connectivity index (χ1v) is 8.86. The van der Waals surface area contributed by atoms with E-state index in [-0.39, 0.29) is 5.92 Å². The fraction of sp³-hybridized carbons (Fsp3) is 0.750. The minimum atomic E-state index is 0.278. The Morgan fingerprint density at radius 2 is 1.50 bits per heavy atom. The zero-order valence-electron chi connectivity index (χ0n) is 14.3. The molecule has 0 saturated carbocycles. The molecular formula is C16H26N4OS. The molecule has 0 aliphatic heterocycles. The smallest absolute Gasteiger partial charge is 0.229 e. The zero-order valence-corrected chi connectivity index (χ0v) is 15.1. The van der Waals surface area contributed by atoms with Gasteiger partial charge in [0.2, 0.25) is 5.89 Å². The second-order valence-electron chi connectivity index (χ2n) is 6.66. The van der Waals surface area contributed by atoms with Gasteiger partial charge >= 0.3 is 0 Å². The van der Waals surface area contributed by atoms with Crippen LogP contribution in [0.1, 0.15) is 99.8 Å². The highest BCUT2D eigenvalue weighted by atomic mass is 32.1. The van der Waals surface area contributed by atoms with E-state index in [1.807, 2.05) is 0 Å². The van der Waals surface area contributed by atoms with Gasteiger partial charge in [-0.1, -0.05) is 46.7 Å². The predicted molar refractivity (Wildman–Crippen MR) is 88.4 cm³/mol. The lowest BCUT2D eigenvalue weighted by atomic mass is 9.98. The van der Waals surface area contributed by atoms with Gasteiger partial charge in [0.05, 0.1) is 0 Å².